The predicted molar refractivity (Wildman–Crippen MR) is 64.2 cm³/mol. The minimum atomic E-state index is -2.93. The monoisotopic (exact) mass is 238 g/mol. The molecule has 0 saturated heterocycles. The van der Waals surface area contributed by atoms with E-state index in [-0.39, 0.29) is 5.75 Å². The lowest BCUT2D eigenvalue weighted by molar-refractivity contribution is 0.587. The molecule has 86 valence electrons. The summed E-state index contributed by atoms with van der Waals surface area (Å²) < 4.78 is 23.8. The van der Waals surface area contributed by atoms with Crippen LogP contribution in [0.2, 0.25) is 0 Å². The molecule has 0 radical (unpaired) electrons. The molecule has 16 heavy (non-hydrogen) atoms. The van der Waals surface area contributed by atoms with Gasteiger partial charge in [-0.1, -0.05) is 11.6 Å². The first-order chi connectivity index (χ1) is 7.44. The normalized spacial score (nSPS) is 12.1. The number of hydrogen-bond donors (Lipinski definition) is 0. The van der Waals surface area contributed by atoms with Crippen LogP contribution in [0.15, 0.2) is 24.4 Å². The smallest absolute Gasteiger partial charge is 0.149 e. The highest BCUT2D eigenvalue weighted by atomic mass is 32.2. The zero-order valence-electron chi connectivity index (χ0n) is 9.34. The lowest BCUT2D eigenvalue weighted by Gasteiger charge is -1.98. The van der Waals surface area contributed by atoms with E-state index >= 15 is 0 Å². The van der Waals surface area contributed by atoms with Crippen LogP contribution in [-0.4, -0.2) is 30.2 Å². The Morgan fingerprint density at radius 1 is 1.38 bits per heavy atom. The molecule has 0 amide bonds. The minimum Gasteiger partial charge on any atom is -0.271 e. The van der Waals surface area contributed by atoms with Gasteiger partial charge in [-0.05, 0) is 19.1 Å². The van der Waals surface area contributed by atoms with Crippen LogP contribution in [0.1, 0.15) is 5.56 Å². The van der Waals surface area contributed by atoms with Crippen LogP contribution in [0, 0.1) is 6.92 Å². The molecule has 0 spiro atoms. The number of hydrogen-bond acceptors (Lipinski definition) is 3. The number of aryl methyl sites for hydroxylation is 2. The Kier molecular flexibility index (Phi) is 2.71. The summed E-state index contributed by atoms with van der Waals surface area (Å²) in [6.07, 6.45) is 3.12. The maximum Gasteiger partial charge on any atom is 0.149 e. The van der Waals surface area contributed by atoms with Gasteiger partial charge in [-0.15, -0.1) is 0 Å². The molecular weight excluding hydrogens is 224 g/mol. The van der Waals surface area contributed by atoms with Crippen LogP contribution >= 0.6 is 0 Å². The first-order valence-electron chi connectivity index (χ1n) is 5.05. The largest absolute Gasteiger partial charge is 0.271 e. The Labute approximate surface area is 94.8 Å². The molecule has 0 aliphatic heterocycles. The summed E-state index contributed by atoms with van der Waals surface area (Å²) >= 11 is 0. The molecule has 0 aliphatic carbocycles. The molecule has 2 aromatic rings. The second-order valence-corrected chi connectivity index (χ2v) is 6.34. The highest BCUT2D eigenvalue weighted by Crippen LogP contribution is 2.13. The van der Waals surface area contributed by atoms with Gasteiger partial charge in [-0.2, -0.15) is 5.10 Å². The number of aromatic nitrogens is 2. The van der Waals surface area contributed by atoms with Gasteiger partial charge in [-0.25, -0.2) is 8.42 Å². The van der Waals surface area contributed by atoms with Crippen LogP contribution in [0.25, 0.3) is 10.9 Å². The first-order valence-corrected chi connectivity index (χ1v) is 7.12. The zero-order chi connectivity index (χ0) is 11.8. The van der Waals surface area contributed by atoms with E-state index in [1.165, 1.54) is 11.8 Å². The Hall–Kier alpha value is -1.36. The first kappa shape index (κ1) is 11.1. The average molecular weight is 238 g/mol. The predicted octanol–water partition coefficient (Wildman–Crippen LogP) is 1.39. The Morgan fingerprint density at radius 3 is 2.81 bits per heavy atom. The zero-order valence-corrected chi connectivity index (χ0v) is 10.2. The van der Waals surface area contributed by atoms with E-state index in [2.05, 4.69) is 5.10 Å². The van der Waals surface area contributed by atoms with Gasteiger partial charge in [0.2, 0.25) is 0 Å². The minimum absolute atomic E-state index is 0.125. The van der Waals surface area contributed by atoms with Gasteiger partial charge in [0, 0.05) is 17.8 Å². The second-order valence-electron chi connectivity index (χ2n) is 4.08. The van der Waals surface area contributed by atoms with Gasteiger partial charge >= 0.3 is 0 Å². The molecule has 1 heterocycles. The van der Waals surface area contributed by atoms with Crippen molar-refractivity contribution >= 4 is 20.7 Å². The maximum absolute atomic E-state index is 11.0. The summed E-state index contributed by atoms with van der Waals surface area (Å²) in [5.74, 6) is 0.125. The van der Waals surface area contributed by atoms with Gasteiger partial charge in [0.05, 0.1) is 17.8 Å². The topological polar surface area (TPSA) is 52.0 Å². The van der Waals surface area contributed by atoms with Crippen LogP contribution in [0.3, 0.4) is 0 Å². The SMILES string of the molecule is Cc1ccc2nn(CCS(C)(=O)=O)cc2c1. The quantitative estimate of drug-likeness (QED) is 0.812. The maximum atomic E-state index is 11.0. The van der Waals surface area contributed by atoms with Crippen molar-refractivity contribution in [2.45, 2.75) is 13.5 Å². The van der Waals surface area contributed by atoms with Crippen molar-refractivity contribution in [3.05, 3.63) is 30.0 Å². The summed E-state index contributed by atoms with van der Waals surface area (Å²) in [5.41, 5.74) is 2.08. The summed E-state index contributed by atoms with van der Waals surface area (Å²) in [6.45, 7) is 2.43. The summed E-state index contributed by atoms with van der Waals surface area (Å²) in [5, 5.41) is 5.36. The van der Waals surface area contributed by atoms with Gasteiger partial charge in [0.15, 0.2) is 0 Å². The number of sulfone groups is 1. The van der Waals surface area contributed by atoms with Gasteiger partial charge in [0.1, 0.15) is 9.84 Å². The summed E-state index contributed by atoms with van der Waals surface area (Å²) in [6, 6.07) is 5.98. The number of benzene rings is 1. The van der Waals surface area contributed by atoms with Gasteiger partial charge in [0.25, 0.3) is 0 Å². The van der Waals surface area contributed by atoms with E-state index in [9.17, 15) is 8.42 Å². The van der Waals surface area contributed by atoms with Crippen molar-refractivity contribution in [2.75, 3.05) is 12.0 Å². The third kappa shape index (κ3) is 2.61. The lowest BCUT2D eigenvalue weighted by atomic mass is 10.2. The Bertz CT molecular complexity index is 614. The van der Waals surface area contributed by atoms with Crippen LogP contribution < -0.4 is 0 Å². The molecule has 5 heteroatoms. The van der Waals surface area contributed by atoms with E-state index in [1.54, 1.807) is 4.68 Å². The van der Waals surface area contributed by atoms with Crippen LogP contribution in [0.4, 0.5) is 0 Å². The van der Waals surface area contributed by atoms with Crippen molar-refractivity contribution in [1.29, 1.82) is 0 Å². The molecule has 1 aromatic carbocycles. The van der Waals surface area contributed by atoms with Crippen molar-refractivity contribution in [2.24, 2.45) is 0 Å². The molecule has 0 N–H and O–H groups in total. The summed E-state index contributed by atoms with van der Waals surface area (Å²) in [7, 11) is -2.93. The molecule has 4 nitrogen and oxygen atoms in total. The fourth-order valence-electron chi connectivity index (χ4n) is 1.57. The Balaban J connectivity index is 2.26. The molecule has 2 rings (SSSR count). The summed E-state index contributed by atoms with van der Waals surface area (Å²) in [4.78, 5) is 0. The number of rotatable bonds is 3. The van der Waals surface area contributed by atoms with E-state index in [0.717, 1.165) is 10.9 Å². The molecule has 1 aromatic heterocycles. The van der Waals surface area contributed by atoms with Crippen LogP contribution in [-0.2, 0) is 16.4 Å². The van der Waals surface area contributed by atoms with Gasteiger partial charge < -0.3 is 0 Å². The van der Waals surface area contributed by atoms with Crippen molar-refractivity contribution in [3.8, 4) is 0 Å². The number of nitrogens with zero attached hydrogens (tertiary/aromatic N) is 2. The fraction of sp³-hybridized carbons (Fsp3) is 0.364. The standard InChI is InChI=1S/C11H14N2O2S/c1-9-3-4-11-10(7-9)8-13(12-11)5-6-16(2,14)15/h3-4,7-8H,5-6H2,1-2H3. The van der Waals surface area contributed by atoms with E-state index in [0.29, 0.717) is 6.54 Å². The molecule has 0 bridgehead atoms. The van der Waals surface area contributed by atoms with Gasteiger partial charge in [-0.3, -0.25) is 4.68 Å². The molecule has 0 saturated carbocycles. The third-order valence-electron chi connectivity index (χ3n) is 2.40. The van der Waals surface area contributed by atoms with E-state index in [4.69, 9.17) is 0 Å². The number of fused-ring (bicyclic) bond motifs is 1. The lowest BCUT2D eigenvalue weighted by Crippen LogP contribution is -2.11. The van der Waals surface area contributed by atoms with Crippen molar-refractivity contribution in [3.63, 3.8) is 0 Å². The van der Waals surface area contributed by atoms with Crippen molar-refractivity contribution < 1.29 is 8.42 Å². The molecular formula is C11H14N2O2S. The highest BCUT2D eigenvalue weighted by molar-refractivity contribution is 7.90. The van der Waals surface area contributed by atoms with Crippen molar-refractivity contribution in [1.82, 2.24) is 9.78 Å². The fourth-order valence-corrected chi connectivity index (χ4v) is 2.09. The molecule has 0 fully saturated rings. The van der Waals surface area contributed by atoms with E-state index < -0.39 is 9.84 Å². The molecule has 0 atom stereocenters. The molecule has 0 unspecified atom stereocenters. The average Bonchev–Trinajstić information content (AvgIpc) is 2.55. The second kappa shape index (κ2) is 3.90. The molecule has 0 aliphatic rings. The Morgan fingerprint density at radius 2 is 2.12 bits per heavy atom. The highest BCUT2D eigenvalue weighted by Gasteiger charge is 2.05. The third-order valence-corrected chi connectivity index (χ3v) is 3.32. The van der Waals surface area contributed by atoms with Crippen LogP contribution in [0.5, 0.6) is 0 Å². The van der Waals surface area contributed by atoms with E-state index in [1.807, 2.05) is 31.3 Å².